The van der Waals surface area contributed by atoms with E-state index in [0.717, 1.165) is 16.4 Å². The maximum Gasteiger partial charge on any atom is 0.243 e. The number of hydrogen-bond acceptors (Lipinski definition) is 4. The number of rotatable bonds is 2. The number of carbonyl (C=O) groups is 1. The molecular weight excluding hydrogens is 330 g/mol. The van der Waals surface area contributed by atoms with Crippen LogP contribution in [0.3, 0.4) is 0 Å². The van der Waals surface area contributed by atoms with Crippen molar-refractivity contribution in [1.82, 2.24) is 9.21 Å². The fourth-order valence-corrected chi connectivity index (χ4v) is 4.38. The number of sulfonamides is 1. The van der Waals surface area contributed by atoms with Gasteiger partial charge in [0.25, 0.3) is 0 Å². The molecule has 2 aliphatic rings. The van der Waals surface area contributed by atoms with Crippen LogP contribution in [0.2, 0.25) is 0 Å². The molecule has 2 atom stereocenters. The Kier molecular flexibility index (Phi) is 4.11. The molecule has 6 nitrogen and oxygen atoms in total. The zero-order valence-electron chi connectivity index (χ0n) is 12.4. The third-order valence-corrected chi connectivity index (χ3v) is 6.07. The second-order valence-electron chi connectivity index (χ2n) is 5.74. The maximum atomic E-state index is 13.4. The van der Waals surface area contributed by atoms with Crippen molar-refractivity contribution in [2.24, 2.45) is 5.92 Å². The first kappa shape index (κ1) is 16.3. The molecule has 3 rings (SSSR count). The van der Waals surface area contributed by atoms with Gasteiger partial charge in [0.2, 0.25) is 15.9 Å². The number of nitrogens with zero attached hydrogens (tertiary/aromatic N) is 2. The van der Waals surface area contributed by atoms with Crippen LogP contribution in [0.1, 0.15) is 0 Å². The second-order valence-corrected chi connectivity index (χ2v) is 7.67. The number of halogens is 2. The topological polar surface area (TPSA) is 66.9 Å². The number of likely N-dealkylation sites (N-methyl/N-ethyl adjacent to an activating group) is 1. The van der Waals surface area contributed by atoms with Crippen LogP contribution >= 0.6 is 0 Å². The summed E-state index contributed by atoms with van der Waals surface area (Å²) in [7, 11) is -2.41. The van der Waals surface area contributed by atoms with Crippen molar-refractivity contribution >= 4 is 15.9 Å². The Morgan fingerprint density at radius 2 is 1.91 bits per heavy atom. The smallest absolute Gasteiger partial charge is 0.243 e. The average molecular weight is 346 g/mol. The lowest BCUT2D eigenvalue weighted by atomic mass is 10.1. The van der Waals surface area contributed by atoms with E-state index in [1.807, 2.05) is 0 Å². The Morgan fingerprint density at radius 3 is 2.61 bits per heavy atom. The first-order valence-electron chi connectivity index (χ1n) is 7.10. The van der Waals surface area contributed by atoms with Crippen LogP contribution in [-0.2, 0) is 19.6 Å². The highest BCUT2D eigenvalue weighted by Gasteiger charge is 2.41. The fraction of sp³-hybridized carbons (Fsp3) is 0.500. The fourth-order valence-electron chi connectivity index (χ4n) is 2.84. The van der Waals surface area contributed by atoms with Crippen LogP contribution in [0.4, 0.5) is 8.78 Å². The van der Waals surface area contributed by atoms with Crippen LogP contribution in [0.25, 0.3) is 0 Å². The molecule has 9 heteroatoms. The molecule has 0 radical (unpaired) electrons. The summed E-state index contributed by atoms with van der Waals surface area (Å²) in [4.78, 5) is 13.4. The number of amides is 1. The number of fused-ring (bicyclic) bond motifs is 3. The molecule has 2 aliphatic heterocycles. The molecule has 0 unspecified atom stereocenters. The highest BCUT2D eigenvalue weighted by molar-refractivity contribution is 7.89. The van der Waals surface area contributed by atoms with Gasteiger partial charge in [-0.25, -0.2) is 17.2 Å². The number of carbonyl (C=O) groups excluding carboxylic acids is 1. The molecule has 0 aliphatic carbocycles. The van der Waals surface area contributed by atoms with E-state index < -0.39 is 33.6 Å². The van der Waals surface area contributed by atoms with Gasteiger partial charge < -0.3 is 9.64 Å². The SMILES string of the molecule is CN1C(=O)[C@H]2COC[C@@H]1CN(S(=O)(=O)c1ccc(F)c(F)c1)C2. The molecule has 0 spiro atoms. The summed E-state index contributed by atoms with van der Waals surface area (Å²) in [6.45, 7) is 0.396. The van der Waals surface area contributed by atoms with Gasteiger partial charge in [-0.2, -0.15) is 4.31 Å². The van der Waals surface area contributed by atoms with Crippen LogP contribution in [0, 0.1) is 17.6 Å². The van der Waals surface area contributed by atoms with E-state index in [-0.39, 0.29) is 37.1 Å². The van der Waals surface area contributed by atoms with Crippen molar-refractivity contribution in [3.05, 3.63) is 29.8 Å². The van der Waals surface area contributed by atoms with Crippen molar-refractivity contribution in [1.29, 1.82) is 0 Å². The van der Waals surface area contributed by atoms with E-state index in [2.05, 4.69) is 0 Å². The summed E-state index contributed by atoms with van der Waals surface area (Å²) in [6, 6.07) is 2.06. The molecular formula is C14H16F2N2O4S. The molecule has 2 fully saturated rings. The molecule has 0 saturated carbocycles. The van der Waals surface area contributed by atoms with Gasteiger partial charge in [0.15, 0.2) is 11.6 Å². The van der Waals surface area contributed by atoms with Crippen LogP contribution < -0.4 is 0 Å². The van der Waals surface area contributed by atoms with Gasteiger partial charge >= 0.3 is 0 Å². The predicted molar refractivity (Wildman–Crippen MR) is 76.0 cm³/mol. The minimum Gasteiger partial charge on any atom is -0.378 e. The van der Waals surface area contributed by atoms with Gasteiger partial charge in [0.1, 0.15) is 0 Å². The van der Waals surface area contributed by atoms with E-state index in [1.165, 1.54) is 4.90 Å². The molecule has 1 aromatic carbocycles. The Bertz CT molecular complexity index is 740. The van der Waals surface area contributed by atoms with E-state index >= 15 is 0 Å². The van der Waals surface area contributed by atoms with Crippen molar-refractivity contribution in [2.45, 2.75) is 10.9 Å². The van der Waals surface area contributed by atoms with E-state index in [0.29, 0.717) is 6.07 Å². The minimum atomic E-state index is -4.02. The van der Waals surface area contributed by atoms with Crippen LogP contribution in [0.15, 0.2) is 23.1 Å². The van der Waals surface area contributed by atoms with Gasteiger partial charge in [-0.05, 0) is 18.2 Å². The quantitative estimate of drug-likeness (QED) is 0.780. The summed E-state index contributed by atoms with van der Waals surface area (Å²) in [5.74, 6) is -3.11. The van der Waals surface area contributed by atoms with Gasteiger partial charge in [0, 0.05) is 20.1 Å². The standard InChI is InChI=1S/C14H16F2N2O4S/c1-17-10-6-18(5-9(14(17)19)7-22-8-10)23(20,21)11-2-3-12(15)13(16)4-11/h2-4,9-10H,5-8H2,1H3/t9-,10+/m1/s1. The van der Waals surface area contributed by atoms with E-state index in [4.69, 9.17) is 4.74 Å². The molecule has 23 heavy (non-hydrogen) atoms. The lowest BCUT2D eigenvalue weighted by Crippen LogP contribution is -2.45. The molecule has 1 aromatic rings. The zero-order chi connectivity index (χ0) is 16.8. The van der Waals surface area contributed by atoms with Crippen molar-refractivity contribution in [2.75, 3.05) is 33.4 Å². The minimum absolute atomic E-state index is 0.0407. The zero-order valence-corrected chi connectivity index (χ0v) is 13.2. The van der Waals surface area contributed by atoms with Gasteiger partial charge in [-0.3, -0.25) is 4.79 Å². The van der Waals surface area contributed by atoms with Crippen molar-refractivity contribution < 1.29 is 26.7 Å². The first-order chi connectivity index (χ1) is 10.8. The number of benzene rings is 1. The molecule has 2 saturated heterocycles. The molecule has 1 amide bonds. The van der Waals surface area contributed by atoms with Crippen LogP contribution in [0.5, 0.6) is 0 Å². The predicted octanol–water partition coefficient (Wildman–Crippen LogP) is 0.442. The monoisotopic (exact) mass is 346 g/mol. The lowest BCUT2D eigenvalue weighted by Gasteiger charge is -2.28. The number of ether oxygens (including phenoxy) is 1. The Labute approximate surface area is 132 Å². The van der Waals surface area contributed by atoms with Crippen molar-refractivity contribution in [3.8, 4) is 0 Å². The molecule has 0 N–H and O–H groups in total. The van der Waals surface area contributed by atoms with Crippen LogP contribution in [-0.4, -0.2) is 62.9 Å². The normalized spacial score (nSPS) is 26.2. The van der Waals surface area contributed by atoms with E-state index in [1.54, 1.807) is 7.05 Å². The molecule has 0 aromatic heterocycles. The van der Waals surface area contributed by atoms with Gasteiger partial charge in [-0.15, -0.1) is 0 Å². The average Bonchev–Trinajstić information content (AvgIpc) is 2.67. The Morgan fingerprint density at radius 1 is 1.17 bits per heavy atom. The highest BCUT2D eigenvalue weighted by Crippen LogP contribution is 2.25. The maximum absolute atomic E-state index is 13.4. The summed E-state index contributed by atoms with van der Waals surface area (Å²) in [6.07, 6.45) is 0. The summed E-state index contributed by atoms with van der Waals surface area (Å²) < 4.78 is 58.4. The van der Waals surface area contributed by atoms with Gasteiger partial charge in [-0.1, -0.05) is 0 Å². The molecule has 126 valence electrons. The van der Waals surface area contributed by atoms with E-state index in [9.17, 15) is 22.0 Å². The molecule has 2 bridgehead atoms. The summed E-state index contributed by atoms with van der Waals surface area (Å²) >= 11 is 0. The largest absolute Gasteiger partial charge is 0.378 e. The summed E-state index contributed by atoms with van der Waals surface area (Å²) in [5.41, 5.74) is 0. The Balaban J connectivity index is 1.97. The first-order valence-corrected chi connectivity index (χ1v) is 8.54. The van der Waals surface area contributed by atoms with Crippen molar-refractivity contribution in [3.63, 3.8) is 0 Å². The third-order valence-electron chi connectivity index (χ3n) is 4.24. The second kappa shape index (κ2) is 5.81. The lowest BCUT2D eigenvalue weighted by molar-refractivity contribution is -0.133. The van der Waals surface area contributed by atoms with Gasteiger partial charge in [0.05, 0.1) is 30.1 Å². The number of hydrogen-bond donors (Lipinski definition) is 0. The highest BCUT2D eigenvalue weighted by atomic mass is 32.2. The Hall–Kier alpha value is -1.58. The molecule has 2 heterocycles. The summed E-state index contributed by atoms with van der Waals surface area (Å²) in [5, 5.41) is 0. The third kappa shape index (κ3) is 2.84.